The summed E-state index contributed by atoms with van der Waals surface area (Å²) in [5.74, 6) is 0.801. The van der Waals surface area contributed by atoms with Gasteiger partial charge in [-0.05, 0) is 44.0 Å². The summed E-state index contributed by atoms with van der Waals surface area (Å²) in [6.45, 7) is 4.02. The van der Waals surface area contributed by atoms with Gasteiger partial charge in [0.25, 0.3) is 5.56 Å². The molecule has 0 bridgehead atoms. The molecule has 0 unspecified atom stereocenters. The van der Waals surface area contributed by atoms with Crippen molar-refractivity contribution >= 4 is 17.3 Å². The molecule has 0 atom stereocenters. The molecule has 1 aliphatic heterocycles. The van der Waals surface area contributed by atoms with Gasteiger partial charge in [-0.15, -0.1) is 0 Å². The molecule has 1 aliphatic rings. The molecular weight excluding hydrogens is 332 g/mol. The lowest BCUT2D eigenvalue weighted by molar-refractivity contribution is -0.120. The first kappa shape index (κ1) is 18.0. The number of nitrogens with one attached hydrogen (secondary N) is 1. The van der Waals surface area contributed by atoms with Gasteiger partial charge in [0.1, 0.15) is 5.75 Å². The molecule has 2 aromatic rings. The van der Waals surface area contributed by atoms with Gasteiger partial charge >= 0.3 is 0 Å². The van der Waals surface area contributed by atoms with E-state index in [-0.39, 0.29) is 17.4 Å². The van der Waals surface area contributed by atoms with Crippen LogP contribution in [0.25, 0.3) is 0 Å². The maximum absolute atomic E-state index is 12.5. The van der Waals surface area contributed by atoms with Crippen molar-refractivity contribution < 1.29 is 9.53 Å². The minimum atomic E-state index is -0.127. The third-order valence-corrected chi connectivity index (χ3v) is 4.62. The van der Waals surface area contributed by atoms with E-state index in [9.17, 15) is 9.59 Å². The lowest BCUT2D eigenvalue weighted by Crippen LogP contribution is -2.39. The Morgan fingerprint density at radius 1 is 1.27 bits per heavy atom. The van der Waals surface area contributed by atoms with Crippen LogP contribution >= 0.6 is 0 Å². The third-order valence-electron chi connectivity index (χ3n) is 4.62. The Morgan fingerprint density at radius 3 is 2.58 bits per heavy atom. The van der Waals surface area contributed by atoms with Crippen molar-refractivity contribution in [1.29, 1.82) is 0 Å². The number of hydrogen-bond donors (Lipinski definition) is 1. The lowest BCUT2D eigenvalue weighted by Gasteiger charge is -2.32. The highest BCUT2D eigenvalue weighted by atomic mass is 16.5. The maximum Gasteiger partial charge on any atom is 0.268 e. The van der Waals surface area contributed by atoms with Gasteiger partial charge in [-0.3, -0.25) is 9.59 Å². The number of carbonyl (C=O) groups excluding carboxylic acids is 1. The van der Waals surface area contributed by atoms with Gasteiger partial charge in [0.2, 0.25) is 5.91 Å². The molecule has 1 fully saturated rings. The van der Waals surface area contributed by atoms with Gasteiger partial charge in [-0.25, -0.2) is 4.68 Å². The molecule has 26 heavy (non-hydrogen) atoms. The van der Waals surface area contributed by atoms with Crippen LogP contribution in [0, 0.1) is 5.92 Å². The number of piperidine rings is 1. The molecule has 1 saturated heterocycles. The van der Waals surface area contributed by atoms with Crippen molar-refractivity contribution in [3.05, 3.63) is 46.9 Å². The summed E-state index contributed by atoms with van der Waals surface area (Å²) in [5.41, 5.74) is 1.47. The fourth-order valence-corrected chi connectivity index (χ4v) is 3.08. The summed E-state index contributed by atoms with van der Waals surface area (Å²) >= 11 is 0. The van der Waals surface area contributed by atoms with Crippen molar-refractivity contribution in [2.75, 3.05) is 29.9 Å². The van der Waals surface area contributed by atoms with Crippen molar-refractivity contribution in [2.24, 2.45) is 13.0 Å². The molecular formula is C19H24N4O3. The number of ether oxygens (including phenoxy) is 1. The van der Waals surface area contributed by atoms with Crippen LogP contribution in [0.3, 0.4) is 0 Å². The number of rotatable bonds is 5. The smallest absolute Gasteiger partial charge is 0.268 e. The number of carbonyl (C=O) groups is 1. The number of amides is 1. The third kappa shape index (κ3) is 4.22. The molecule has 3 rings (SSSR count). The van der Waals surface area contributed by atoms with Crippen LogP contribution in [0.5, 0.6) is 5.75 Å². The van der Waals surface area contributed by atoms with Gasteiger partial charge < -0.3 is 15.0 Å². The summed E-state index contributed by atoms with van der Waals surface area (Å²) in [4.78, 5) is 26.3. The number of benzene rings is 1. The van der Waals surface area contributed by atoms with Crippen molar-refractivity contribution in [3.63, 3.8) is 0 Å². The van der Waals surface area contributed by atoms with Crippen LogP contribution in [0.4, 0.5) is 11.4 Å². The number of nitrogens with zero attached hydrogens (tertiary/aromatic N) is 3. The van der Waals surface area contributed by atoms with Gasteiger partial charge in [0, 0.05) is 37.8 Å². The number of anilines is 2. The Hall–Kier alpha value is -2.83. The van der Waals surface area contributed by atoms with Gasteiger partial charge in [-0.2, -0.15) is 5.10 Å². The van der Waals surface area contributed by atoms with E-state index < -0.39 is 0 Å². The van der Waals surface area contributed by atoms with Crippen LogP contribution < -0.4 is 20.5 Å². The van der Waals surface area contributed by atoms with E-state index in [1.807, 2.05) is 31.2 Å². The average Bonchev–Trinajstić information content (AvgIpc) is 2.66. The molecule has 0 aliphatic carbocycles. The predicted molar refractivity (Wildman–Crippen MR) is 101 cm³/mol. The second kappa shape index (κ2) is 8.03. The first-order valence-corrected chi connectivity index (χ1v) is 8.89. The van der Waals surface area contributed by atoms with E-state index in [1.54, 1.807) is 19.3 Å². The molecule has 7 nitrogen and oxygen atoms in total. The fourth-order valence-electron chi connectivity index (χ4n) is 3.08. The predicted octanol–water partition coefficient (Wildman–Crippen LogP) is 2.03. The van der Waals surface area contributed by atoms with E-state index in [2.05, 4.69) is 15.3 Å². The Kier molecular flexibility index (Phi) is 5.55. The summed E-state index contributed by atoms with van der Waals surface area (Å²) in [6.07, 6.45) is 3.19. The molecule has 138 valence electrons. The first-order chi connectivity index (χ1) is 12.6. The lowest BCUT2D eigenvalue weighted by atomic mass is 9.95. The maximum atomic E-state index is 12.5. The zero-order valence-electron chi connectivity index (χ0n) is 15.1. The monoisotopic (exact) mass is 356 g/mol. The van der Waals surface area contributed by atoms with Crippen molar-refractivity contribution in [3.8, 4) is 5.75 Å². The summed E-state index contributed by atoms with van der Waals surface area (Å²) < 4.78 is 6.71. The number of aryl methyl sites for hydroxylation is 1. The fraction of sp³-hybridized carbons (Fsp3) is 0.421. The molecule has 2 heterocycles. The SMILES string of the molecule is CCOc1ccc(NC(=O)C2CCN(c3cnn(C)c(=O)c3)CC2)cc1. The van der Waals surface area contributed by atoms with Gasteiger partial charge in [-0.1, -0.05) is 0 Å². The standard InChI is InChI=1S/C19H24N4O3/c1-3-26-17-6-4-15(5-7-17)21-19(25)14-8-10-23(11-9-14)16-12-18(24)22(2)20-13-16/h4-7,12-14H,3,8-11H2,1-2H3,(H,21,25). The molecule has 0 radical (unpaired) electrons. The van der Waals surface area contributed by atoms with Crippen molar-refractivity contribution in [2.45, 2.75) is 19.8 Å². The largest absolute Gasteiger partial charge is 0.494 e. The Morgan fingerprint density at radius 2 is 1.96 bits per heavy atom. The zero-order valence-corrected chi connectivity index (χ0v) is 15.1. The van der Waals surface area contributed by atoms with Gasteiger partial charge in [0.05, 0.1) is 18.5 Å². The molecule has 1 N–H and O–H groups in total. The molecule has 0 spiro atoms. The highest BCUT2D eigenvalue weighted by Gasteiger charge is 2.25. The zero-order chi connectivity index (χ0) is 18.5. The van der Waals surface area contributed by atoms with Crippen LogP contribution in [-0.4, -0.2) is 35.4 Å². The van der Waals surface area contributed by atoms with Crippen LogP contribution in [-0.2, 0) is 11.8 Å². The minimum Gasteiger partial charge on any atom is -0.494 e. The van der Waals surface area contributed by atoms with Crippen molar-refractivity contribution in [1.82, 2.24) is 9.78 Å². The first-order valence-electron chi connectivity index (χ1n) is 8.89. The average molecular weight is 356 g/mol. The van der Waals surface area contributed by atoms with Crippen LogP contribution in [0.1, 0.15) is 19.8 Å². The summed E-state index contributed by atoms with van der Waals surface area (Å²) in [7, 11) is 1.63. The van der Waals surface area contributed by atoms with Crippen LogP contribution in [0.2, 0.25) is 0 Å². The van der Waals surface area contributed by atoms with E-state index in [4.69, 9.17) is 4.74 Å². The molecule has 0 saturated carbocycles. The van der Waals surface area contributed by atoms with E-state index in [0.29, 0.717) is 6.61 Å². The number of hydrogen-bond acceptors (Lipinski definition) is 5. The Bertz CT molecular complexity index is 808. The Labute approximate surface area is 152 Å². The van der Waals surface area contributed by atoms with E-state index >= 15 is 0 Å². The highest BCUT2D eigenvalue weighted by Crippen LogP contribution is 2.23. The summed E-state index contributed by atoms with van der Waals surface area (Å²) in [6, 6.07) is 9.00. The Balaban J connectivity index is 1.54. The molecule has 1 aromatic carbocycles. The van der Waals surface area contributed by atoms with E-state index in [1.165, 1.54) is 4.68 Å². The topological polar surface area (TPSA) is 76.5 Å². The van der Waals surface area contributed by atoms with Gasteiger partial charge in [0.15, 0.2) is 0 Å². The second-order valence-electron chi connectivity index (χ2n) is 6.38. The minimum absolute atomic E-state index is 0.0303. The summed E-state index contributed by atoms with van der Waals surface area (Å²) in [5, 5.41) is 7.03. The number of aromatic nitrogens is 2. The van der Waals surface area contributed by atoms with Crippen LogP contribution in [0.15, 0.2) is 41.3 Å². The molecule has 1 amide bonds. The van der Waals surface area contributed by atoms with E-state index in [0.717, 1.165) is 43.1 Å². The highest BCUT2D eigenvalue weighted by molar-refractivity contribution is 5.92. The molecule has 7 heteroatoms. The molecule has 1 aromatic heterocycles. The normalized spacial score (nSPS) is 14.9. The second-order valence-corrected chi connectivity index (χ2v) is 6.38. The quantitative estimate of drug-likeness (QED) is 0.887.